The first-order valence-electron chi connectivity index (χ1n) is 6.89. The van der Waals surface area contributed by atoms with Crippen molar-refractivity contribution < 1.29 is 23.9 Å². The first-order valence-corrected chi connectivity index (χ1v) is 6.89. The van der Waals surface area contributed by atoms with Gasteiger partial charge in [0.15, 0.2) is 0 Å². The Labute approximate surface area is 118 Å². The van der Waals surface area contributed by atoms with Gasteiger partial charge in [-0.3, -0.25) is 0 Å². The van der Waals surface area contributed by atoms with Gasteiger partial charge in [0, 0.05) is 12.7 Å². The van der Waals surface area contributed by atoms with Crippen LogP contribution < -0.4 is 5.46 Å². The summed E-state index contributed by atoms with van der Waals surface area (Å²) in [5.74, 6) is -0.477. The Bertz CT molecular complexity index is 441. The Kier molecular flexibility index (Phi) is 5.54. The molecule has 2 rings (SSSR count). The predicted molar refractivity (Wildman–Crippen MR) is 74.1 cm³/mol. The molecule has 1 saturated carbocycles. The van der Waals surface area contributed by atoms with Crippen LogP contribution in [0.15, 0.2) is 18.2 Å². The molecule has 110 valence electrons. The number of ether oxygens (including phenoxy) is 2. The second kappa shape index (κ2) is 7.17. The van der Waals surface area contributed by atoms with E-state index in [1.165, 1.54) is 12.1 Å². The van der Waals surface area contributed by atoms with Crippen LogP contribution in [0.1, 0.15) is 31.2 Å². The van der Waals surface area contributed by atoms with E-state index < -0.39 is 12.9 Å². The molecule has 1 aliphatic carbocycles. The second-order valence-electron chi connectivity index (χ2n) is 5.18. The minimum absolute atomic E-state index is 0.0937. The Hall–Kier alpha value is -0.945. The molecule has 6 heteroatoms. The van der Waals surface area contributed by atoms with Gasteiger partial charge < -0.3 is 19.5 Å². The molecule has 0 amide bonds. The van der Waals surface area contributed by atoms with E-state index in [-0.39, 0.29) is 24.3 Å². The fourth-order valence-corrected chi connectivity index (χ4v) is 2.52. The van der Waals surface area contributed by atoms with Gasteiger partial charge in [-0.05, 0) is 37.2 Å². The van der Waals surface area contributed by atoms with Crippen molar-refractivity contribution in [1.82, 2.24) is 0 Å². The number of benzene rings is 1. The highest BCUT2D eigenvalue weighted by Crippen LogP contribution is 2.24. The van der Waals surface area contributed by atoms with Crippen molar-refractivity contribution in [3.05, 3.63) is 29.6 Å². The summed E-state index contributed by atoms with van der Waals surface area (Å²) in [5.41, 5.74) is 0.567. The van der Waals surface area contributed by atoms with Crippen LogP contribution in [-0.2, 0) is 16.1 Å². The topological polar surface area (TPSA) is 58.9 Å². The third kappa shape index (κ3) is 4.02. The molecule has 1 aliphatic rings. The standard InChI is InChI=1S/C14H20BFO4/c1-19-12-3-2-4-13(8-12)20-9-10-5-6-11(15(17)18)7-14(10)16/h5-7,12-13,17-18H,2-4,8-9H2,1H3. The molecule has 0 aromatic heterocycles. The molecule has 1 fully saturated rings. The Morgan fingerprint density at radius 3 is 2.70 bits per heavy atom. The number of hydrogen-bond donors (Lipinski definition) is 2. The molecule has 0 spiro atoms. The van der Waals surface area contributed by atoms with Crippen LogP contribution in [0.2, 0.25) is 0 Å². The van der Waals surface area contributed by atoms with Crippen molar-refractivity contribution in [1.29, 1.82) is 0 Å². The van der Waals surface area contributed by atoms with Gasteiger partial charge in [0.05, 0.1) is 18.8 Å². The molecule has 0 bridgehead atoms. The zero-order valence-corrected chi connectivity index (χ0v) is 11.6. The van der Waals surface area contributed by atoms with Gasteiger partial charge >= 0.3 is 7.12 Å². The molecular formula is C14H20BFO4. The Morgan fingerprint density at radius 1 is 1.30 bits per heavy atom. The van der Waals surface area contributed by atoms with Crippen molar-refractivity contribution in [2.45, 2.75) is 44.5 Å². The average molecular weight is 282 g/mol. The highest BCUT2D eigenvalue weighted by molar-refractivity contribution is 6.58. The molecule has 0 heterocycles. The summed E-state index contributed by atoms with van der Waals surface area (Å²) in [4.78, 5) is 0. The van der Waals surface area contributed by atoms with E-state index in [0.717, 1.165) is 31.7 Å². The van der Waals surface area contributed by atoms with E-state index in [4.69, 9.17) is 19.5 Å². The van der Waals surface area contributed by atoms with Crippen LogP contribution in [0.5, 0.6) is 0 Å². The molecule has 0 aliphatic heterocycles. The highest BCUT2D eigenvalue weighted by atomic mass is 19.1. The van der Waals surface area contributed by atoms with Crippen molar-refractivity contribution in [2.24, 2.45) is 0 Å². The minimum atomic E-state index is -1.65. The maximum absolute atomic E-state index is 13.8. The van der Waals surface area contributed by atoms with Crippen molar-refractivity contribution >= 4 is 12.6 Å². The summed E-state index contributed by atoms with van der Waals surface area (Å²) in [6, 6.07) is 4.15. The van der Waals surface area contributed by atoms with Gasteiger partial charge in [0.2, 0.25) is 0 Å². The van der Waals surface area contributed by atoms with Gasteiger partial charge in [0.1, 0.15) is 5.82 Å². The molecule has 2 N–H and O–H groups in total. The van der Waals surface area contributed by atoms with E-state index in [2.05, 4.69) is 0 Å². The summed E-state index contributed by atoms with van der Waals surface area (Å²) < 4.78 is 24.8. The second-order valence-corrected chi connectivity index (χ2v) is 5.18. The van der Waals surface area contributed by atoms with Crippen LogP contribution in [0.4, 0.5) is 4.39 Å². The molecule has 4 nitrogen and oxygen atoms in total. The molecule has 1 aromatic carbocycles. The Balaban J connectivity index is 1.90. The highest BCUT2D eigenvalue weighted by Gasteiger charge is 2.22. The van der Waals surface area contributed by atoms with Crippen LogP contribution >= 0.6 is 0 Å². The average Bonchev–Trinajstić information content (AvgIpc) is 2.46. The lowest BCUT2D eigenvalue weighted by atomic mass is 9.80. The van der Waals surface area contributed by atoms with Gasteiger partial charge in [-0.25, -0.2) is 4.39 Å². The first kappa shape index (κ1) is 15.4. The van der Waals surface area contributed by atoms with E-state index in [1.807, 2.05) is 0 Å². The summed E-state index contributed by atoms with van der Waals surface area (Å²) in [6.07, 6.45) is 4.23. The van der Waals surface area contributed by atoms with Crippen LogP contribution in [0.3, 0.4) is 0 Å². The largest absolute Gasteiger partial charge is 0.488 e. The molecule has 1 aromatic rings. The van der Waals surface area contributed by atoms with Crippen molar-refractivity contribution in [2.75, 3.05) is 7.11 Å². The quantitative estimate of drug-likeness (QED) is 0.790. The minimum Gasteiger partial charge on any atom is -0.423 e. The van der Waals surface area contributed by atoms with Crippen LogP contribution in [0.25, 0.3) is 0 Å². The lowest BCUT2D eigenvalue weighted by Crippen LogP contribution is -2.30. The van der Waals surface area contributed by atoms with E-state index in [9.17, 15) is 4.39 Å². The SMILES string of the molecule is COC1CCCC(OCc2ccc(B(O)O)cc2F)C1. The molecule has 20 heavy (non-hydrogen) atoms. The van der Waals surface area contributed by atoms with Crippen molar-refractivity contribution in [3.63, 3.8) is 0 Å². The Morgan fingerprint density at radius 2 is 2.05 bits per heavy atom. The van der Waals surface area contributed by atoms with Crippen molar-refractivity contribution in [3.8, 4) is 0 Å². The summed E-state index contributed by atoms with van der Waals surface area (Å²) in [7, 11) is 0.0475. The van der Waals surface area contributed by atoms with Gasteiger partial charge in [0.25, 0.3) is 0 Å². The zero-order valence-electron chi connectivity index (χ0n) is 11.6. The summed E-state index contributed by atoms with van der Waals surface area (Å²) >= 11 is 0. The van der Waals surface area contributed by atoms with Gasteiger partial charge in [-0.15, -0.1) is 0 Å². The lowest BCUT2D eigenvalue weighted by Gasteiger charge is -2.28. The molecular weight excluding hydrogens is 262 g/mol. The monoisotopic (exact) mass is 282 g/mol. The lowest BCUT2D eigenvalue weighted by molar-refractivity contribution is -0.0369. The third-order valence-corrected chi connectivity index (χ3v) is 3.76. The fraction of sp³-hybridized carbons (Fsp3) is 0.571. The normalized spacial score (nSPS) is 22.8. The number of methoxy groups -OCH3 is 1. The number of rotatable bonds is 5. The number of hydrogen-bond acceptors (Lipinski definition) is 4. The van der Waals surface area contributed by atoms with E-state index in [1.54, 1.807) is 7.11 Å². The molecule has 0 saturated heterocycles. The van der Waals surface area contributed by atoms with E-state index >= 15 is 0 Å². The summed E-state index contributed by atoms with van der Waals surface area (Å²) in [6.45, 7) is 0.189. The number of halogens is 1. The van der Waals surface area contributed by atoms with Gasteiger partial charge in [-0.2, -0.15) is 0 Å². The van der Waals surface area contributed by atoms with Crippen LogP contribution in [0, 0.1) is 5.82 Å². The van der Waals surface area contributed by atoms with Gasteiger partial charge in [-0.1, -0.05) is 12.1 Å². The first-order chi connectivity index (χ1) is 9.60. The fourth-order valence-electron chi connectivity index (χ4n) is 2.52. The predicted octanol–water partition coefficient (Wildman–Crippen LogP) is 0.980. The smallest absolute Gasteiger partial charge is 0.423 e. The molecule has 2 unspecified atom stereocenters. The van der Waals surface area contributed by atoms with Crippen LogP contribution in [-0.4, -0.2) is 36.5 Å². The maximum Gasteiger partial charge on any atom is 0.488 e. The third-order valence-electron chi connectivity index (χ3n) is 3.76. The maximum atomic E-state index is 13.8. The summed E-state index contributed by atoms with van der Waals surface area (Å²) in [5, 5.41) is 17.9. The van der Waals surface area contributed by atoms with E-state index in [0.29, 0.717) is 5.56 Å². The molecule has 0 radical (unpaired) electrons. The molecule has 2 atom stereocenters. The zero-order chi connectivity index (χ0) is 14.5.